The number of nitrogen functional groups attached to an aromatic ring is 1. The standard InChI is InChI=1S/C21H18F2N2O2/c22-16-5-1-14(2-6-16)11-21(26)25-20-10-9-18(12-19(20)24)27-13-15-3-7-17(23)8-4-15/h1-10,12H,11,13,24H2,(H,25,26). The summed E-state index contributed by atoms with van der Waals surface area (Å²) in [7, 11) is 0. The van der Waals surface area contributed by atoms with Crippen LogP contribution < -0.4 is 15.8 Å². The zero-order valence-electron chi connectivity index (χ0n) is 14.4. The third kappa shape index (κ3) is 5.28. The van der Waals surface area contributed by atoms with E-state index in [2.05, 4.69) is 5.32 Å². The number of halogens is 2. The van der Waals surface area contributed by atoms with E-state index < -0.39 is 0 Å². The summed E-state index contributed by atoms with van der Waals surface area (Å²) in [6.07, 6.45) is 0.114. The molecule has 0 aliphatic carbocycles. The molecule has 0 heterocycles. The van der Waals surface area contributed by atoms with Crippen LogP contribution in [0.2, 0.25) is 0 Å². The lowest BCUT2D eigenvalue weighted by Gasteiger charge is -2.11. The van der Waals surface area contributed by atoms with Gasteiger partial charge in [-0.1, -0.05) is 24.3 Å². The van der Waals surface area contributed by atoms with Gasteiger partial charge in [-0.2, -0.15) is 0 Å². The van der Waals surface area contributed by atoms with Crippen LogP contribution in [0.3, 0.4) is 0 Å². The predicted octanol–water partition coefficient (Wildman–Crippen LogP) is 4.31. The van der Waals surface area contributed by atoms with Gasteiger partial charge in [0.15, 0.2) is 0 Å². The van der Waals surface area contributed by atoms with Gasteiger partial charge >= 0.3 is 0 Å². The first-order chi connectivity index (χ1) is 13.0. The second-order valence-electron chi connectivity index (χ2n) is 6.02. The number of amides is 1. The Morgan fingerprint density at radius 3 is 2.07 bits per heavy atom. The van der Waals surface area contributed by atoms with Gasteiger partial charge in [0.05, 0.1) is 17.8 Å². The molecule has 3 aromatic rings. The van der Waals surface area contributed by atoms with Gasteiger partial charge in [-0.05, 0) is 47.5 Å². The number of hydrogen-bond donors (Lipinski definition) is 2. The molecule has 138 valence electrons. The summed E-state index contributed by atoms with van der Waals surface area (Å²) < 4.78 is 31.4. The number of anilines is 2. The van der Waals surface area contributed by atoms with Crippen molar-refractivity contribution < 1.29 is 18.3 Å². The van der Waals surface area contributed by atoms with Crippen LogP contribution in [-0.4, -0.2) is 5.91 Å². The van der Waals surface area contributed by atoms with Crippen LogP contribution in [0.25, 0.3) is 0 Å². The van der Waals surface area contributed by atoms with Crippen molar-refractivity contribution in [1.82, 2.24) is 0 Å². The summed E-state index contributed by atoms with van der Waals surface area (Å²) in [6, 6.07) is 16.7. The minimum Gasteiger partial charge on any atom is -0.489 e. The fraction of sp³-hybridized carbons (Fsp3) is 0.0952. The molecule has 0 fully saturated rings. The average Bonchev–Trinajstić information content (AvgIpc) is 2.65. The van der Waals surface area contributed by atoms with E-state index in [4.69, 9.17) is 10.5 Å². The second kappa shape index (κ2) is 8.31. The van der Waals surface area contributed by atoms with E-state index in [1.165, 1.54) is 24.3 Å². The van der Waals surface area contributed by atoms with Crippen LogP contribution in [0.15, 0.2) is 66.7 Å². The van der Waals surface area contributed by atoms with Crippen LogP contribution in [0.4, 0.5) is 20.2 Å². The molecule has 0 saturated heterocycles. The molecule has 3 N–H and O–H groups in total. The Morgan fingerprint density at radius 1 is 0.889 bits per heavy atom. The fourth-order valence-electron chi connectivity index (χ4n) is 2.47. The molecule has 27 heavy (non-hydrogen) atoms. The zero-order chi connectivity index (χ0) is 19.2. The van der Waals surface area contributed by atoms with Crippen LogP contribution >= 0.6 is 0 Å². The Hall–Kier alpha value is -3.41. The van der Waals surface area contributed by atoms with Crippen LogP contribution in [0, 0.1) is 11.6 Å². The molecule has 6 heteroatoms. The maximum absolute atomic E-state index is 12.9. The Morgan fingerprint density at radius 2 is 1.48 bits per heavy atom. The number of benzene rings is 3. The van der Waals surface area contributed by atoms with E-state index in [0.29, 0.717) is 22.7 Å². The lowest BCUT2D eigenvalue weighted by atomic mass is 10.1. The summed E-state index contributed by atoms with van der Waals surface area (Å²) in [6.45, 7) is 0.274. The van der Waals surface area contributed by atoms with Crippen molar-refractivity contribution in [2.24, 2.45) is 0 Å². The number of rotatable bonds is 6. The van der Waals surface area contributed by atoms with E-state index in [1.807, 2.05) is 0 Å². The number of ether oxygens (including phenoxy) is 1. The zero-order valence-corrected chi connectivity index (χ0v) is 14.4. The minimum atomic E-state index is -0.348. The molecule has 0 aromatic heterocycles. The maximum Gasteiger partial charge on any atom is 0.228 e. The third-order valence-electron chi connectivity index (χ3n) is 3.89. The van der Waals surface area contributed by atoms with Gasteiger partial charge in [-0.25, -0.2) is 8.78 Å². The van der Waals surface area contributed by atoms with Gasteiger partial charge in [0, 0.05) is 6.07 Å². The van der Waals surface area contributed by atoms with Crippen LogP contribution in [0.5, 0.6) is 5.75 Å². The molecule has 3 aromatic carbocycles. The van der Waals surface area contributed by atoms with E-state index in [0.717, 1.165) is 5.56 Å². The summed E-state index contributed by atoms with van der Waals surface area (Å²) in [5.74, 6) is -0.370. The van der Waals surface area contributed by atoms with Crippen molar-refractivity contribution in [1.29, 1.82) is 0 Å². The monoisotopic (exact) mass is 368 g/mol. The van der Waals surface area contributed by atoms with Gasteiger partial charge in [0.2, 0.25) is 5.91 Å². The highest BCUT2D eigenvalue weighted by atomic mass is 19.1. The highest BCUT2D eigenvalue weighted by Gasteiger charge is 2.08. The van der Waals surface area contributed by atoms with Gasteiger partial charge in [0.25, 0.3) is 0 Å². The van der Waals surface area contributed by atoms with E-state index >= 15 is 0 Å². The Kier molecular flexibility index (Phi) is 5.66. The number of carbonyl (C=O) groups is 1. The highest BCUT2D eigenvalue weighted by molar-refractivity contribution is 5.95. The van der Waals surface area contributed by atoms with Gasteiger partial charge in [0.1, 0.15) is 24.0 Å². The summed E-state index contributed by atoms with van der Waals surface area (Å²) in [4.78, 5) is 12.1. The Bertz CT molecular complexity index is 926. The smallest absolute Gasteiger partial charge is 0.228 e. The largest absolute Gasteiger partial charge is 0.489 e. The third-order valence-corrected chi connectivity index (χ3v) is 3.89. The molecular weight excluding hydrogens is 350 g/mol. The van der Waals surface area contributed by atoms with E-state index in [9.17, 15) is 13.6 Å². The lowest BCUT2D eigenvalue weighted by Crippen LogP contribution is -2.15. The fourth-order valence-corrected chi connectivity index (χ4v) is 2.47. The molecule has 0 aliphatic heterocycles. The highest BCUT2D eigenvalue weighted by Crippen LogP contribution is 2.25. The Balaban J connectivity index is 1.58. The van der Waals surface area contributed by atoms with Gasteiger partial charge in [-0.3, -0.25) is 4.79 Å². The number of nitrogens with one attached hydrogen (secondary N) is 1. The number of nitrogens with two attached hydrogens (primary N) is 1. The molecular formula is C21H18F2N2O2. The van der Waals surface area contributed by atoms with Crippen molar-refractivity contribution >= 4 is 17.3 Å². The SMILES string of the molecule is Nc1cc(OCc2ccc(F)cc2)ccc1NC(=O)Cc1ccc(F)cc1. The minimum absolute atomic E-state index is 0.114. The van der Waals surface area contributed by atoms with E-state index in [1.54, 1.807) is 42.5 Å². The van der Waals surface area contributed by atoms with Crippen molar-refractivity contribution in [3.8, 4) is 5.75 Å². The van der Waals surface area contributed by atoms with Crippen molar-refractivity contribution in [3.63, 3.8) is 0 Å². The molecule has 4 nitrogen and oxygen atoms in total. The molecule has 0 saturated carbocycles. The van der Waals surface area contributed by atoms with Gasteiger partial charge < -0.3 is 15.8 Å². The molecule has 0 aliphatic rings. The molecule has 3 rings (SSSR count). The number of carbonyl (C=O) groups excluding carboxylic acids is 1. The first-order valence-corrected chi connectivity index (χ1v) is 8.30. The quantitative estimate of drug-likeness (QED) is 0.638. The van der Waals surface area contributed by atoms with Crippen molar-refractivity contribution in [3.05, 3.63) is 89.5 Å². The van der Waals surface area contributed by atoms with Crippen molar-refractivity contribution in [2.45, 2.75) is 13.0 Å². The molecule has 0 bridgehead atoms. The van der Waals surface area contributed by atoms with Crippen molar-refractivity contribution in [2.75, 3.05) is 11.1 Å². The Labute approximate surface area is 155 Å². The molecule has 0 atom stereocenters. The van der Waals surface area contributed by atoms with Crippen LogP contribution in [-0.2, 0) is 17.8 Å². The first-order valence-electron chi connectivity index (χ1n) is 8.30. The molecule has 1 amide bonds. The molecule has 0 radical (unpaired) electrons. The van der Waals surface area contributed by atoms with Crippen LogP contribution in [0.1, 0.15) is 11.1 Å². The summed E-state index contributed by atoms with van der Waals surface area (Å²) >= 11 is 0. The maximum atomic E-state index is 12.9. The summed E-state index contributed by atoms with van der Waals surface area (Å²) in [5, 5.41) is 2.73. The molecule has 0 unspecified atom stereocenters. The second-order valence-corrected chi connectivity index (χ2v) is 6.02. The van der Waals surface area contributed by atoms with E-state index in [-0.39, 0.29) is 30.6 Å². The average molecular weight is 368 g/mol. The predicted molar refractivity (Wildman–Crippen MR) is 100 cm³/mol. The lowest BCUT2D eigenvalue weighted by molar-refractivity contribution is -0.115. The number of hydrogen-bond acceptors (Lipinski definition) is 3. The summed E-state index contributed by atoms with van der Waals surface area (Å²) in [5.41, 5.74) is 8.33. The normalized spacial score (nSPS) is 10.4. The topological polar surface area (TPSA) is 64.3 Å². The first kappa shape index (κ1) is 18.4. The molecule has 0 spiro atoms. The van der Waals surface area contributed by atoms with Gasteiger partial charge in [-0.15, -0.1) is 0 Å².